The summed E-state index contributed by atoms with van der Waals surface area (Å²) < 4.78 is 80.2. The first-order valence-corrected chi connectivity index (χ1v) is 11.1. The van der Waals surface area contributed by atoms with Gasteiger partial charge in [0.05, 0.1) is 23.0 Å². The van der Waals surface area contributed by atoms with Crippen molar-refractivity contribution in [3.8, 4) is 11.4 Å². The Morgan fingerprint density at radius 1 is 0.769 bits per heavy atom. The van der Waals surface area contributed by atoms with Crippen molar-refractivity contribution in [3.63, 3.8) is 0 Å². The number of hydrogen-bond acceptors (Lipinski definition) is 9. The van der Waals surface area contributed by atoms with Crippen molar-refractivity contribution in [2.45, 2.75) is 18.9 Å². The Morgan fingerprint density at radius 2 is 1.62 bits per heavy atom. The largest absolute Gasteiger partial charge is 0.418 e. The lowest BCUT2D eigenvalue weighted by molar-refractivity contribution is -0.138. The van der Waals surface area contributed by atoms with Crippen LogP contribution in [0.4, 0.5) is 43.7 Å². The van der Waals surface area contributed by atoms with Gasteiger partial charge in [0.25, 0.3) is 0 Å². The molecule has 5 aromatic heterocycles. The van der Waals surface area contributed by atoms with E-state index in [2.05, 4.69) is 45.8 Å². The lowest BCUT2D eigenvalue weighted by atomic mass is 10.1. The minimum Gasteiger partial charge on any atom is -0.364 e. The second kappa shape index (κ2) is 10.1. The van der Waals surface area contributed by atoms with Crippen LogP contribution in [0.2, 0.25) is 0 Å². The number of pyridine rings is 3. The average molecular weight is 543 g/mol. The number of nitrogens with zero attached hydrogens (tertiary/aromatic N) is 7. The minimum atomic E-state index is -4.78. The molecule has 15 heteroatoms. The van der Waals surface area contributed by atoms with Crippen molar-refractivity contribution < 1.29 is 26.3 Å². The molecule has 0 aromatic carbocycles. The van der Waals surface area contributed by atoms with Gasteiger partial charge in [-0.25, -0.2) is 19.9 Å². The van der Waals surface area contributed by atoms with E-state index in [1.807, 2.05) is 0 Å². The maximum Gasteiger partial charge on any atom is 0.418 e. The molecule has 0 aliphatic heterocycles. The summed E-state index contributed by atoms with van der Waals surface area (Å²) in [4.78, 5) is 20.1. The van der Waals surface area contributed by atoms with Crippen LogP contribution < -0.4 is 10.6 Å². The number of nitrogens with one attached hydrogen (secondary N) is 2. The lowest BCUT2D eigenvalue weighted by Gasteiger charge is -2.14. The van der Waals surface area contributed by atoms with E-state index >= 15 is 0 Å². The van der Waals surface area contributed by atoms with E-state index in [1.54, 1.807) is 24.5 Å². The summed E-state index contributed by atoms with van der Waals surface area (Å²) in [6.45, 7) is 0.183. The maximum atomic E-state index is 13.9. The molecule has 198 valence electrons. The number of fused-ring (bicyclic) bond motifs is 1. The van der Waals surface area contributed by atoms with Crippen LogP contribution in [0.1, 0.15) is 16.7 Å². The van der Waals surface area contributed by atoms with Crippen molar-refractivity contribution in [2.75, 3.05) is 10.6 Å². The summed E-state index contributed by atoms with van der Waals surface area (Å²) in [6, 6.07) is 7.73. The third kappa shape index (κ3) is 5.81. The molecule has 5 heterocycles. The molecule has 0 bridgehead atoms. The van der Waals surface area contributed by atoms with E-state index in [0.717, 1.165) is 30.0 Å². The smallest absolute Gasteiger partial charge is 0.364 e. The summed E-state index contributed by atoms with van der Waals surface area (Å²) in [5.74, 6) is -0.0155. The highest BCUT2D eigenvalue weighted by Crippen LogP contribution is 2.36. The summed E-state index contributed by atoms with van der Waals surface area (Å²) in [7, 11) is 0. The summed E-state index contributed by atoms with van der Waals surface area (Å²) in [6.07, 6.45) is -3.12. The Bertz CT molecular complexity index is 1610. The lowest BCUT2D eigenvalue weighted by Crippen LogP contribution is -2.13. The van der Waals surface area contributed by atoms with Gasteiger partial charge in [-0.2, -0.15) is 26.3 Å². The predicted octanol–water partition coefficient (Wildman–Crippen LogP) is 5.67. The summed E-state index contributed by atoms with van der Waals surface area (Å²) >= 11 is 0. The highest BCUT2D eigenvalue weighted by Gasteiger charge is 2.36. The number of hydrogen-bond donors (Lipinski definition) is 2. The predicted molar refractivity (Wildman–Crippen MR) is 127 cm³/mol. The highest BCUT2D eigenvalue weighted by molar-refractivity contribution is 5.87. The molecule has 0 saturated heterocycles. The van der Waals surface area contributed by atoms with E-state index in [1.165, 1.54) is 12.3 Å². The number of aromatic nitrogens is 7. The molecule has 0 aliphatic carbocycles. The van der Waals surface area contributed by atoms with Crippen LogP contribution in [0.15, 0.2) is 67.4 Å². The van der Waals surface area contributed by atoms with E-state index in [0.29, 0.717) is 6.20 Å². The molecule has 9 nitrogen and oxygen atoms in total. The van der Waals surface area contributed by atoms with Crippen LogP contribution in [-0.4, -0.2) is 35.1 Å². The standard InChI is InChI=1S/C24H15F6N9/c25-23(26,27)14-3-4-18(34-11-14)36-16-5-7-32-22-21(16)35-12-17(37-22)20-15(24(28,29)30)8-19(38-39-20)33-10-13-2-1-6-31-9-13/h1-9,11-12H,10H2,(H,33,38)(H,32,34,36,37). The van der Waals surface area contributed by atoms with Crippen molar-refractivity contribution >= 4 is 28.5 Å². The SMILES string of the molecule is FC(F)(F)c1ccc(Nc2ccnc3nc(-c4nnc(NCc5cccnc5)cc4C(F)(F)F)cnc23)nc1. The van der Waals surface area contributed by atoms with Crippen LogP contribution in [0.5, 0.6) is 0 Å². The fourth-order valence-electron chi connectivity index (χ4n) is 3.49. The molecular formula is C24H15F6N9. The monoisotopic (exact) mass is 543 g/mol. The minimum absolute atomic E-state index is 0.0295. The highest BCUT2D eigenvalue weighted by atomic mass is 19.4. The Hall–Kier alpha value is -4.95. The molecule has 0 amide bonds. The Morgan fingerprint density at radius 3 is 2.31 bits per heavy atom. The van der Waals surface area contributed by atoms with Crippen LogP contribution >= 0.6 is 0 Å². The normalized spacial score (nSPS) is 11.9. The summed E-state index contributed by atoms with van der Waals surface area (Å²) in [5, 5.41) is 13.2. The fourth-order valence-corrected chi connectivity index (χ4v) is 3.49. The third-order valence-electron chi connectivity index (χ3n) is 5.34. The molecule has 0 spiro atoms. The van der Waals surface area contributed by atoms with Crippen molar-refractivity contribution in [1.29, 1.82) is 0 Å². The fraction of sp³-hybridized carbons (Fsp3) is 0.125. The zero-order valence-electron chi connectivity index (χ0n) is 19.5. The van der Waals surface area contributed by atoms with Gasteiger partial charge in [0.2, 0.25) is 0 Å². The second-order valence-electron chi connectivity index (χ2n) is 8.05. The topological polar surface area (TPSA) is 114 Å². The van der Waals surface area contributed by atoms with E-state index in [9.17, 15) is 26.3 Å². The van der Waals surface area contributed by atoms with E-state index < -0.39 is 29.2 Å². The zero-order chi connectivity index (χ0) is 27.6. The number of anilines is 3. The zero-order valence-corrected chi connectivity index (χ0v) is 19.5. The Balaban J connectivity index is 1.44. The molecule has 0 aliphatic rings. The molecule has 39 heavy (non-hydrogen) atoms. The average Bonchev–Trinajstić information content (AvgIpc) is 2.91. The van der Waals surface area contributed by atoms with Crippen molar-refractivity contribution in [2.24, 2.45) is 0 Å². The summed E-state index contributed by atoms with van der Waals surface area (Å²) in [5.41, 5.74) is -1.63. The first-order chi connectivity index (χ1) is 18.6. The first-order valence-electron chi connectivity index (χ1n) is 11.1. The van der Waals surface area contributed by atoms with Crippen LogP contribution in [0.3, 0.4) is 0 Å². The molecule has 0 radical (unpaired) electrons. The number of halogens is 6. The molecule has 0 fully saturated rings. The van der Waals surface area contributed by atoms with Gasteiger partial charge in [0.1, 0.15) is 28.5 Å². The Kier molecular flexibility index (Phi) is 6.64. The molecule has 0 atom stereocenters. The first kappa shape index (κ1) is 25.7. The van der Waals surface area contributed by atoms with E-state index in [-0.39, 0.29) is 40.7 Å². The van der Waals surface area contributed by atoms with Crippen LogP contribution in [-0.2, 0) is 18.9 Å². The van der Waals surface area contributed by atoms with Gasteiger partial charge in [-0.15, -0.1) is 10.2 Å². The van der Waals surface area contributed by atoms with Crippen LogP contribution in [0, 0.1) is 0 Å². The van der Waals surface area contributed by atoms with Gasteiger partial charge in [-0.1, -0.05) is 6.07 Å². The molecule has 5 rings (SSSR count). The molecule has 2 N–H and O–H groups in total. The van der Waals surface area contributed by atoms with Gasteiger partial charge in [-0.3, -0.25) is 4.98 Å². The van der Waals surface area contributed by atoms with Gasteiger partial charge in [-0.05, 0) is 35.9 Å². The van der Waals surface area contributed by atoms with Gasteiger partial charge >= 0.3 is 12.4 Å². The van der Waals surface area contributed by atoms with E-state index in [4.69, 9.17) is 0 Å². The van der Waals surface area contributed by atoms with Gasteiger partial charge in [0, 0.05) is 31.3 Å². The van der Waals surface area contributed by atoms with Crippen molar-refractivity contribution in [3.05, 3.63) is 84.1 Å². The molecule has 0 unspecified atom stereocenters. The van der Waals surface area contributed by atoms with Crippen LogP contribution in [0.25, 0.3) is 22.6 Å². The second-order valence-corrected chi connectivity index (χ2v) is 8.05. The number of rotatable bonds is 6. The third-order valence-corrected chi connectivity index (χ3v) is 5.34. The molecule has 5 aromatic rings. The maximum absolute atomic E-state index is 13.9. The Labute approximate surface area is 215 Å². The van der Waals surface area contributed by atoms with Gasteiger partial charge in [0.15, 0.2) is 5.65 Å². The van der Waals surface area contributed by atoms with Gasteiger partial charge < -0.3 is 10.6 Å². The molecule has 0 saturated carbocycles. The molecular weight excluding hydrogens is 528 g/mol. The van der Waals surface area contributed by atoms with Crippen molar-refractivity contribution in [1.82, 2.24) is 35.1 Å². The quantitative estimate of drug-likeness (QED) is 0.262. The number of alkyl halides is 6.